The van der Waals surface area contributed by atoms with Crippen LogP contribution in [-0.2, 0) is 22.4 Å². The first kappa shape index (κ1) is 21.6. The molecule has 6 N–H and O–H groups in total. The molecule has 33 heavy (non-hydrogen) atoms. The largest absolute Gasteiger partial charge is 0.369 e. The number of hydrogen-bond donors (Lipinski definition) is 4. The summed E-state index contributed by atoms with van der Waals surface area (Å²) < 4.78 is 0. The quantitative estimate of drug-likeness (QED) is 0.342. The van der Waals surface area contributed by atoms with E-state index in [4.69, 9.17) is 23.1 Å². The Balaban J connectivity index is 0.000000139. The van der Waals surface area contributed by atoms with Gasteiger partial charge in [-0.05, 0) is 73.9 Å². The summed E-state index contributed by atoms with van der Waals surface area (Å²) >= 11 is 6.01. The SMILES string of the molecule is NC(=O)[C@@H]1CCCc2c1[nH]c1ccc(Cl)cc21.NC(=O)[C@H]1CCCc2c1[nH]c1ccccc21. The van der Waals surface area contributed by atoms with Crippen LogP contribution in [0.1, 0.15) is 60.0 Å². The predicted molar refractivity (Wildman–Crippen MR) is 131 cm³/mol. The smallest absolute Gasteiger partial charge is 0.226 e. The van der Waals surface area contributed by atoms with Crippen molar-refractivity contribution in [3.63, 3.8) is 0 Å². The first-order chi connectivity index (χ1) is 15.9. The number of primary amides is 2. The number of rotatable bonds is 2. The Morgan fingerprint density at radius 2 is 1.33 bits per heavy atom. The molecule has 0 bridgehead atoms. The Kier molecular flexibility index (Phi) is 5.62. The molecule has 0 spiro atoms. The summed E-state index contributed by atoms with van der Waals surface area (Å²) in [5.74, 6) is -0.766. The summed E-state index contributed by atoms with van der Waals surface area (Å²) in [6, 6.07) is 13.9. The van der Waals surface area contributed by atoms with Gasteiger partial charge in [-0.2, -0.15) is 0 Å². The molecule has 2 heterocycles. The van der Waals surface area contributed by atoms with Gasteiger partial charge in [0, 0.05) is 38.2 Å². The second kappa shape index (κ2) is 8.60. The monoisotopic (exact) mass is 462 g/mol. The van der Waals surface area contributed by atoms with Crippen LogP contribution in [0.4, 0.5) is 0 Å². The van der Waals surface area contributed by atoms with Crippen molar-refractivity contribution in [1.29, 1.82) is 0 Å². The molecule has 0 unspecified atom stereocenters. The highest BCUT2D eigenvalue weighted by Gasteiger charge is 2.28. The summed E-state index contributed by atoms with van der Waals surface area (Å²) in [5.41, 5.74) is 17.6. The van der Waals surface area contributed by atoms with Gasteiger partial charge in [-0.25, -0.2) is 0 Å². The molecule has 0 aliphatic heterocycles. The highest BCUT2D eigenvalue weighted by Crippen LogP contribution is 2.37. The fourth-order valence-corrected chi connectivity index (χ4v) is 5.59. The van der Waals surface area contributed by atoms with E-state index in [0.29, 0.717) is 0 Å². The zero-order chi connectivity index (χ0) is 23.1. The van der Waals surface area contributed by atoms with Crippen molar-refractivity contribution in [2.45, 2.75) is 50.4 Å². The highest BCUT2D eigenvalue weighted by atomic mass is 35.5. The number of H-pyrrole nitrogens is 2. The summed E-state index contributed by atoms with van der Waals surface area (Å²) in [6.45, 7) is 0. The summed E-state index contributed by atoms with van der Waals surface area (Å²) in [4.78, 5) is 29.5. The van der Waals surface area contributed by atoms with Crippen molar-refractivity contribution in [2.24, 2.45) is 11.5 Å². The number of carbonyl (C=O) groups excluding carboxylic acids is 2. The highest BCUT2D eigenvalue weighted by molar-refractivity contribution is 6.31. The Hall–Kier alpha value is -3.25. The Bertz CT molecular complexity index is 1370. The molecule has 2 aliphatic carbocycles. The first-order valence-corrected chi connectivity index (χ1v) is 11.8. The fourth-order valence-electron chi connectivity index (χ4n) is 5.42. The van der Waals surface area contributed by atoms with Gasteiger partial charge in [0.05, 0.1) is 11.8 Å². The Labute approximate surface area is 196 Å². The second-order valence-electron chi connectivity index (χ2n) is 8.96. The zero-order valence-corrected chi connectivity index (χ0v) is 19.0. The van der Waals surface area contributed by atoms with Crippen molar-refractivity contribution < 1.29 is 9.59 Å². The number of benzene rings is 2. The van der Waals surface area contributed by atoms with Crippen LogP contribution in [0.5, 0.6) is 0 Å². The lowest BCUT2D eigenvalue weighted by Crippen LogP contribution is -2.24. The van der Waals surface area contributed by atoms with E-state index in [1.807, 2.05) is 36.4 Å². The van der Waals surface area contributed by atoms with E-state index in [1.54, 1.807) is 0 Å². The number of nitrogens with two attached hydrogens (primary N) is 2. The fraction of sp³-hybridized carbons (Fsp3) is 0.308. The standard InChI is InChI=1S/C13H13ClN2O.C13H14N2O/c14-7-4-5-11-10(6-7)8-2-1-3-9(13(15)17)12(8)16-11;14-13(16)10-6-3-5-9-8-4-1-2-7-11(8)15-12(9)10/h4-6,9,16H,1-3H2,(H2,15,17);1-2,4,7,10,15H,3,5-6H2,(H2,14,16)/t9-;10-/m10/s1. The van der Waals surface area contributed by atoms with Crippen LogP contribution in [0.25, 0.3) is 21.8 Å². The van der Waals surface area contributed by atoms with Crippen LogP contribution in [0.15, 0.2) is 42.5 Å². The molecule has 2 atom stereocenters. The maximum absolute atomic E-state index is 11.4. The number of nitrogens with one attached hydrogen (secondary N) is 2. The molecule has 170 valence electrons. The molecular weight excluding hydrogens is 436 g/mol. The van der Waals surface area contributed by atoms with E-state index >= 15 is 0 Å². The minimum absolute atomic E-state index is 0.129. The number of hydrogen-bond acceptors (Lipinski definition) is 2. The van der Waals surface area contributed by atoms with E-state index in [-0.39, 0.29) is 23.7 Å². The number of para-hydroxylation sites is 1. The maximum atomic E-state index is 11.4. The van der Waals surface area contributed by atoms with E-state index < -0.39 is 0 Å². The number of aromatic amines is 2. The van der Waals surface area contributed by atoms with Crippen molar-refractivity contribution in [3.05, 3.63) is 70.0 Å². The summed E-state index contributed by atoms with van der Waals surface area (Å²) in [7, 11) is 0. The molecule has 2 amide bonds. The number of carbonyl (C=O) groups is 2. The number of aryl methyl sites for hydroxylation is 2. The van der Waals surface area contributed by atoms with Gasteiger partial charge in [-0.3, -0.25) is 9.59 Å². The molecule has 2 aliphatic rings. The zero-order valence-electron chi connectivity index (χ0n) is 18.3. The van der Waals surface area contributed by atoms with Crippen LogP contribution >= 0.6 is 11.6 Å². The van der Waals surface area contributed by atoms with Gasteiger partial charge in [0.2, 0.25) is 11.8 Å². The summed E-state index contributed by atoms with van der Waals surface area (Å²) in [6.07, 6.45) is 5.78. The van der Waals surface area contributed by atoms with Gasteiger partial charge in [0.15, 0.2) is 0 Å². The predicted octanol–water partition coefficient (Wildman–Crippen LogP) is 4.80. The minimum Gasteiger partial charge on any atom is -0.369 e. The van der Waals surface area contributed by atoms with Crippen molar-refractivity contribution >= 4 is 45.2 Å². The summed E-state index contributed by atoms with van der Waals surface area (Å²) in [5, 5.41) is 3.09. The molecule has 4 aromatic rings. The second-order valence-corrected chi connectivity index (χ2v) is 9.40. The van der Waals surface area contributed by atoms with E-state index in [0.717, 1.165) is 71.4 Å². The molecule has 2 aromatic heterocycles. The molecule has 0 fully saturated rings. The number of aromatic nitrogens is 2. The lowest BCUT2D eigenvalue weighted by Gasteiger charge is -2.19. The van der Waals surface area contributed by atoms with Gasteiger partial charge in [-0.1, -0.05) is 29.8 Å². The average Bonchev–Trinajstić information content (AvgIpc) is 3.37. The molecule has 7 heteroatoms. The van der Waals surface area contributed by atoms with Crippen LogP contribution < -0.4 is 11.5 Å². The topological polar surface area (TPSA) is 118 Å². The average molecular weight is 463 g/mol. The van der Waals surface area contributed by atoms with E-state index in [2.05, 4.69) is 16.0 Å². The molecule has 0 radical (unpaired) electrons. The molecule has 0 saturated carbocycles. The maximum Gasteiger partial charge on any atom is 0.226 e. The van der Waals surface area contributed by atoms with Gasteiger partial charge in [0.1, 0.15) is 0 Å². The van der Waals surface area contributed by atoms with Crippen molar-refractivity contribution in [3.8, 4) is 0 Å². The third kappa shape index (κ3) is 3.89. The number of fused-ring (bicyclic) bond motifs is 6. The third-order valence-electron chi connectivity index (χ3n) is 6.97. The number of amides is 2. The first-order valence-electron chi connectivity index (χ1n) is 11.4. The molecular formula is C26H27ClN4O2. The van der Waals surface area contributed by atoms with Gasteiger partial charge >= 0.3 is 0 Å². The minimum atomic E-state index is -0.247. The number of halogens is 1. The molecule has 6 rings (SSSR count). The molecule has 0 saturated heterocycles. The lowest BCUT2D eigenvalue weighted by atomic mass is 9.86. The van der Waals surface area contributed by atoms with E-state index in [1.165, 1.54) is 16.5 Å². The molecule has 6 nitrogen and oxygen atoms in total. The van der Waals surface area contributed by atoms with Gasteiger partial charge in [0.25, 0.3) is 0 Å². The van der Waals surface area contributed by atoms with Gasteiger partial charge < -0.3 is 21.4 Å². The van der Waals surface area contributed by atoms with E-state index in [9.17, 15) is 9.59 Å². The molecule has 2 aromatic carbocycles. The van der Waals surface area contributed by atoms with Crippen LogP contribution in [0, 0.1) is 0 Å². The van der Waals surface area contributed by atoms with Crippen LogP contribution in [-0.4, -0.2) is 21.8 Å². The van der Waals surface area contributed by atoms with Crippen LogP contribution in [0.3, 0.4) is 0 Å². The van der Waals surface area contributed by atoms with Crippen LogP contribution in [0.2, 0.25) is 5.02 Å². The van der Waals surface area contributed by atoms with Crippen molar-refractivity contribution in [2.75, 3.05) is 0 Å². The lowest BCUT2D eigenvalue weighted by molar-refractivity contribution is -0.120. The Morgan fingerprint density at radius 3 is 1.94 bits per heavy atom. The van der Waals surface area contributed by atoms with Gasteiger partial charge in [-0.15, -0.1) is 0 Å². The third-order valence-corrected chi connectivity index (χ3v) is 7.21. The normalized spacial score (nSPS) is 19.4. The van der Waals surface area contributed by atoms with Crippen molar-refractivity contribution in [1.82, 2.24) is 9.97 Å². The Morgan fingerprint density at radius 1 is 0.788 bits per heavy atom.